The lowest BCUT2D eigenvalue weighted by Crippen LogP contribution is -2.41. The van der Waals surface area contributed by atoms with Gasteiger partial charge in [-0.2, -0.15) is 5.10 Å². The van der Waals surface area contributed by atoms with Crippen molar-refractivity contribution in [3.63, 3.8) is 0 Å². The van der Waals surface area contributed by atoms with Crippen molar-refractivity contribution in [2.45, 2.75) is 59.7 Å². The Morgan fingerprint density at radius 1 is 1.38 bits per heavy atom. The normalized spacial score (nSPS) is 19.9. The summed E-state index contributed by atoms with van der Waals surface area (Å²) in [6, 6.07) is 0.538. The number of aromatic nitrogens is 3. The highest BCUT2D eigenvalue weighted by molar-refractivity contribution is 4.87. The van der Waals surface area contributed by atoms with Gasteiger partial charge in [-0.25, -0.2) is 9.67 Å². The number of nitrogens with one attached hydrogen (secondary N) is 1. The monoisotopic (exact) mass is 293 g/mol. The maximum atomic E-state index is 4.48. The summed E-state index contributed by atoms with van der Waals surface area (Å²) in [5.74, 6) is 2.46. The Kier molecular flexibility index (Phi) is 6.18. The molecule has 1 aromatic rings. The van der Waals surface area contributed by atoms with E-state index in [9.17, 15) is 0 Å². The summed E-state index contributed by atoms with van der Waals surface area (Å²) >= 11 is 0. The summed E-state index contributed by atoms with van der Waals surface area (Å²) < 4.78 is 2.07. The van der Waals surface area contributed by atoms with Crippen LogP contribution in [0.1, 0.15) is 46.4 Å². The van der Waals surface area contributed by atoms with E-state index in [2.05, 4.69) is 52.7 Å². The zero-order valence-electron chi connectivity index (χ0n) is 14.0. The van der Waals surface area contributed by atoms with Crippen LogP contribution in [0.3, 0.4) is 0 Å². The largest absolute Gasteiger partial charge is 0.316 e. The molecule has 1 fully saturated rings. The zero-order chi connectivity index (χ0) is 15.2. The van der Waals surface area contributed by atoms with Gasteiger partial charge in [-0.15, -0.1) is 0 Å². The van der Waals surface area contributed by atoms with Crippen molar-refractivity contribution in [3.8, 4) is 0 Å². The first-order valence-electron chi connectivity index (χ1n) is 8.37. The predicted octanol–water partition coefficient (Wildman–Crippen LogP) is 2.14. The fourth-order valence-corrected chi connectivity index (χ4v) is 2.96. The van der Waals surface area contributed by atoms with Gasteiger partial charge in [0.2, 0.25) is 0 Å². The Morgan fingerprint density at radius 2 is 2.19 bits per heavy atom. The molecular weight excluding hydrogens is 262 g/mol. The Hall–Kier alpha value is -0.940. The van der Waals surface area contributed by atoms with Gasteiger partial charge in [0.25, 0.3) is 0 Å². The van der Waals surface area contributed by atoms with Crippen LogP contribution < -0.4 is 5.32 Å². The van der Waals surface area contributed by atoms with Crippen LogP contribution >= 0.6 is 0 Å². The molecule has 1 unspecified atom stereocenters. The van der Waals surface area contributed by atoms with Gasteiger partial charge in [-0.05, 0) is 51.6 Å². The molecule has 5 nitrogen and oxygen atoms in total. The van der Waals surface area contributed by atoms with Crippen LogP contribution in [-0.2, 0) is 13.1 Å². The van der Waals surface area contributed by atoms with Crippen molar-refractivity contribution < 1.29 is 0 Å². The minimum atomic E-state index is 0.538. The predicted molar refractivity (Wildman–Crippen MR) is 86.0 cm³/mol. The van der Waals surface area contributed by atoms with E-state index in [4.69, 9.17) is 0 Å². The third kappa shape index (κ3) is 5.08. The van der Waals surface area contributed by atoms with Crippen molar-refractivity contribution in [2.24, 2.45) is 11.8 Å². The van der Waals surface area contributed by atoms with Crippen LogP contribution in [0.15, 0.2) is 6.33 Å². The van der Waals surface area contributed by atoms with E-state index in [-0.39, 0.29) is 0 Å². The first-order chi connectivity index (χ1) is 10.1. The van der Waals surface area contributed by atoms with Crippen LogP contribution in [0.25, 0.3) is 0 Å². The molecule has 1 aliphatic heterocycles. The minimum absolute atomic E-state index is 0.538. The van der Waals surface area contributed by atoms with E-state index in [1.807, 2.05) is 0 Å². The summed E-state index contributed by atoms with van der Waals surface area (Å²) in [4.78, 5) is 7.02. The number of nitrogens with zero attached hydrogens (tertiary/aromatic N) is 4. The van der Waals surface area contributed by atoms with Gasteiger partial charge >= 0.3 is 0 Å². The van der Waals surface area contributed by atoms with Crippen LogP contribution in [0, 0.1) is 11.8 Å². The summed E-state index contributed by atoms with van der Waals surface area (Å²) in [5, 5.41) is 7.90. The third-order valence-electron chi connectivity index (χ3n) is 4.20. The molecule has 120 valence electrons. The van der Waals surface area contributed by atoms with Gasteiger partial charge < -0.3 is 5.32 Å². The molecule has 1 aromatic heterocycles. The number of piperidine rings is 1. The average Bonchev–Trinajstić information content (AvgIpc) is 2.85. The van der Waals surface area contributed by atoms with Crippen molar-refractivity contribution >= 4 is 0 Å². The maximum absolute atomic E-state index is 4.48. The van der Waals surface area contributed by atoms with Crippen molar-refractivity contribution in [1.29, 1.82) is 0 Å². The van der Waals surface area contributed by atoms with Crippen LogP contribution in [-0.4, -0.2) is 45.3 Å². The highest BCUT2D eigenvalue weighted by atomic mass is 15.3. The molecule has 2 rings (SSSR count). The zero-order valence-corrected chi connectivity index (χ0v) is 14.0. The quantitative estimate of drug-likeness (QED) is 0.837. The van der Waals surface area contributed by atoms with Crippen molar-refractivity contribution in [2.75, 3.05) is 19.6 Å². The molecule has 1 atom stereocenters. The van der Waals surface area contributed by atoms with E-state index >= 15 is 0 Å². The molecule has 0 aromatic carbocycles. The van der Waals surface area contributed by atoms with Crippen molar-refractivity contribution in [3.05, 3.63) is 12.2 Å². The molecule has 0 amide bonds. The molecule has 0 spiro atoms. The second-order valence-corrected chi connectivity index (χ2v) is 6.99. The minimum Gasteiger partial charge on any atom is -0.316 e. The number of hydrogen-bond donors (Lipinski definition) is 1. The lowest BCUT2D eigenvalue weighted by atomic mass is 9.98. The van der Waals surface area contributed by atoms with Gasteiger partial charge in [0, 0.05) is 19.1 Å². The van der Waals surface area contributed by atoms with E-state index in [0.29, 0.717) is 12.0 Å². The van der Waals surface area contributed by atoms with E-state index in [1.165, 1.54) is 19.4 Å². The van der Waals surface area contributed by atoms with Crippen LogP contribution in [0.5, 0.6) is 0 Å². The van der Waals surface area contributed by atoms with Gasteiger partial charge in [0.05, 0.1) is 6.54 Å². The average molecular weight is 293 g/mol. The molecule has 1 saturated heterocycles. The Morgan fingerprint density at radius 3 is 2.81 bits per heavy atom. The van der Waals surface area contributed by atoms with Crippen LogP contribution in [0.4, 0.5) is 0 Å². The number of hydrogen-bond acceptors (Lipinski definition) is 4. The van der Waals surface area contributed by atoms with E-state index < -0.39 is 0 Å². The molecule has 0 saturated carbocycles. The fraction of sp³-hybridized carbons (Fsp3) is 0.875. The lowest BCUT2D eigenvalue weighted by Gasteiger charge is -2.32. The molecule has 2 heterocycles. The molecule has 1 aliphatic rings. The summed E-state index contributed by atoms with van der Waals surface area (Å²) in [5.41, 5.74) is 0. The van der Waals surface area contributed by atoms with Crippen molar-refractivity contribution in [1.82, 2.24) is 25.0 Å². The smallest absolute Gasteiger partial charge is 0.141 e. The highest BCUT2D eigenvalue weighted by Gasteiger charge is 2.20. The van der Waals surface area contributed by atoms with Gasteiger partial charge in [-0.3, -0.25) is 4.90 Å². The molecule has 21 heavy (non-hydrogen) atoms. The SMILES string of the molecule is CC(C)Cn1ncnc1CN(CC1CCCNC1)C(C)C. The Balaban J connectivity index is 1.97. The fourth-order valence-electron chi connectivity index (χ4n) is 2.96. The molecular formula is C16H31N5. The first-order valence-corrected chi connectivity index (χ1v) is 8.37. The van der Waals surface area contributed by atoms with Gasteiger partial charge in [-0.1, -0.05) is 13.8 Å². The number of rotatable bonds is 7. The summed E-state index contributed by atoms with van der Waals surface area (Å²) in [6.07, 6.45) is 4.34. The van der Waals surface area contributed by atoms with E-state index in [1.54, 1.807) is 6.33 Å². The maximum Gasteiger partial charge on any atom is 0.141 e. The van der Waals surface area contributed by atoms with Crippen LogP contribution in [0.2, 0.25) is 0 Å². The van der Waals surface area contributed by atoms with E-state index in [0.717, 1.165) is 37.9 Å². The summed E-state index contributed by atoms with van der Waals surface area (Å²) in [6.45, 7) is 14.3. The lowest BCUT2D eigenvalue weighted by molar-refractivity contribution is 0.157. The third-order valence-corrected chi connectivity index (χ3v) is 4.20. The second-order valence-electron chi connectivity index (χ2n) is 6.99. The molecule has 5 heteroatoms. The topological polar surface area (TPSA) is 46.0 Å². The highest BCUT2D eigenvalue weighted by Crippen LogP contribution is 2.15. The first kappa shape index (κ1) is 16.4. The summed E-state index contributed by atoms with van der Waals surface area (Å²) in [7, 11) is 0. The van der Waals surface area contributed by atoms with Gasteiger partial charge in [0.1, 0.15) is 12.2 Å². The molecule has 0 radical (unpaired) electrons. The van der Waals surface area contributed by atoms with Gasteiger partial charge in [0.15, 0.2) is 0 Å². The Bertz CT molecular complexity index is 407. The second kappa shape index (κ2) is 7.90. The molecule has 1 N–H and O–H groups in total. The molecule has 0 aliphatic carbocycles. The Labute approximate surface area is 129 Å². The molecule has 0 bridgehead atoms. The standard InChI is InChI=1S/C16H31N5/c1-13(2)9-21-16(18-12-19-21)11-20(14(3)4)10-15-6-5-7-17-8-15/h12-15,17H,5-11H2,1-4H3.